The molecule has 0 fully saturated rings. The molecule has 0 saturated carbocycles. The second-order valence-corrected chi connectivity index (χ2v) is 3.42. The van der Waals surface area contributed by atoms with Crippen molar-refractivity contribution in [2.24, 2.45) is 0 Å². The summed E-state index contributed by atoms with van der Waals surface area (Å²) in [6, 6.07) is 8.57. The molecule has 1 aromatic carbocycles. The van der Waals surface area contributed by atoms with Gasteiger partial charge in [0.05, 0.1) is 0 Å². The average molecular weight is 172 g/mol. The molecular weight excluding hydrogens is 156 g/mol. The highest BCUT2D eigenvalue weighted by Crippen LogP contribution is 2.16. The molecular formula is C13H16. The molecule has 0 nitrogen and oxygen atoms in total. The topological polar surface area (TPSA) is 0 Å². The van der Waals surface area contributed by atoms with Crippen LogP contribution in [0, 0.1) is 0 Å². The first-order chi connectivity index (χ1) is 6.24. The zero-order chi connectivity index (χ0) is 9.68. The molecule has 0 atom stereocenters. The Morgan fingerprint density at radius 1 is 1.31 bits per heavy atom. The van der Waals surface area contributed by atoms with Gasteiger partial charge in [0.15, 0.2) is 0 Å². The lowest BCUT2D eigenvalue weighted by atomic mass is 10.0. The Bertz CT molecular complexity index is 306. The number of benzene rings is 1. The summed E-state index contributed by atoms with van der Waals surface area (Å²) in [6.45, 7) is 8.06. The van der Waals surface area contributed by atoms with E-state index >= 15 is 0 Å². The Morgan fingerprint density at radius 2 is 2.08 bits per heavy atom. The van der Waals surface area contributed by atoms with Crippen molar-refractivity contribution in [3.8, 4) is 0 Å². The van der Waals surface area contributed by atoms with E-state index in [1.807, 2.05) is 6.08 Å². The summed E-state index contributed by atoms with van der Waals surface area (Å²) in [5.41, 5.74) is 2.62. The summed E-state index contributed by atoms with van der Waals surface area (Å²) in [7, 11) is 0. The van der Waals surface area contributed by atoms with Crippen LogP contribution in [-0.2, 0) is 0 Å². The molecule has 0 aliphatic rings. The minimum Gasteiger partial charge on any atom is -0.0991 e. The summed E-state index contributed by atoms with van der Waals surface area (Å²) in [5.74, 6) is 0.595. The first-order valence-electron chi connectivity index (χ1n) is 4.63. The van der Waals surface area contributed by atoms with Crippen LogP contribution >= 0.6 is 0 Å². The van der Waals surface area contributed by atoms with Crippen molar-refractivity contribution in [3.63, 3.8) is 0 Å². The van der Waals surface area contributed by atoms with Crippen LogP contribution in [0.25, 0.3) is 6.08 Å². The minimum atomic E-state index is 0.595. The molecule has 0 aromatic heterocycles. The molecule has 0 amide bonds. The summed E-state index contributed by atoms with van der Waals surface area (Å²) < 4.78 is 0. The molecule has 0 saturated heterocycles. The summed E-state index contributed by atoms with van der Waals surface area (Å²) in [6.07, 6.45) is 5.82. The van der Waals surface area contributed by atoms with Crippen molar-refractivity contribution in [2.75, 3.05) is 0 Å². The van der Waals surface area contributed by atoms with Crippen molar-refractivity contribution >= 4 is 6.08 Å². The van der Waals surface area contributed by atoms with E-state index < -0.39 is 0 Å². The van der Waals surface area contributed by atoms with Gasteiger partial charge in [-0.15, -0.1) is 0 Å². The molecule has 0 radical (unpaired) electrons. The fraction of sp³-hybridized carbons (Fsp3) is 0.231. The van der Waals surface area contributed by atoms with E-state index in [-0.39, 0.29) is 0 Å². The Hall–Kier alpha value is -1.30. The molecule has 0 N–H and O–H groups in total. The van der Waals surface area contributed by atoms with Crippen molar-refractivity contribution in [1.29, 1.82) is 0 Å². The van der Waals surface area contributed by atoms with Gasteiger partial charge in [-0.2, -0.15) is 0 Å². The lowest BCUT2D eigenvalue weighted by Gasteiger charge is -2.05. The smallest absolute Gasteiger partial charge is 0.0219 e. The van der Waals surface area contributed by atoms with Gasteiger partial charge in [-0.25, -0.2) is 0 Å². The van der Waals surface area contributed by atoms with E-state index in [1.54, 1.807) is 6.08 Å². The molecule has 0 heterocycles. The lowest BCUT2D eigenvalue weighted by molar-refractivity contribution is 0.866. The highest BCUT2D eigenvalue weighted by Gasteiger charge is 1.97. The Labute approximate surface area is 80.6 Å². The first kappa shape index (κ1) is 9.79. The van der Waals surface area contributed by atoms with Crippen LogP contribution in [0.5, 0.6) is 0 Å². The quantitative estimate of drug-likeness (QED) is 0.604. The third-order valence-corrected chi connectivity index (χ3v) is 2.00. The van der Waals surface area contributed by atoms with Gasteiger partial charge in [-0.05, 0) is 17.0 Å². The molecule has 68 valence electrons. The number of hydrogen-bond donors (Lipinski definition) is 0. The van der Waals surface area contributed by atoms with Crippen LogP contribution in [0.4, 0.5) is 0 Å². The van der Waals surface area contributed by atoms with Crippen molar-refractivity contribution in [3.05, 3.63) is 54.1 Å². The van der Waals surface area contributed by atoms with Gasteiger partial charge in [0.2, 0.25) is 0 Å². The van der Waals surface area contributed by atoms with Crippen molar-refractivity contribution in [2.45, 2.75) is 19.8 Å². The highest BCUT2D eigenvalue weighted by molar-refractivity contribution is 5.52. The van der Waals surface area contributed by atoms with Crippen molar-refractivity contribution < 1.29 is 0 Å². The molecule has 1 aromatic rings. The van der Waals surface area contributed by atoms with Crippen molar-refractivity contribution in [1.82, 2.24) is 0 Å². The van der Waals surface area contributed by atoms with Gasteiger partial charge in [0, 0.05) is 0 Å². The molecule has 0 aliphatic heterocycles. The van der Waals surface area contributed by atoms with E-state index in [0.717, 1.165) is 0 Å². The second kappa shape index (κ2) is 4.66. The van der Waals surface area contributed by atoms with Crippen LogP contribution in [0.2, 0.25) is 0 Å². The Morgan fingerprint density at radius 3 is 2.69 bits per heavy atom. The van der Waals surface area contributed by atoms with Gasteiger partial charge < -0.3 is 0 Å². The van der Waals surface area contributed by atoms with Gasteiger partial charge in [-0.3, -0.25) is 0 Å². The van der Waals surface area contributed by atoms with Crippen LogP contribution in [0.15, 0.2) is 43.0 Å². The number of allylic oxidation sites excluding steroid dienone is 2. The minimum absolute atomic E-state index is 0.595. The van der Waals surface area contributed by atoms with Gasteiger partial charge in [-0.1, -0.05) is 62.9 Å². The van der Waals surface area contributed by atoms with E-state index in [0.29, 0.717) is 5.92 Å². The zero-order valence-corrected chi connectivity index (χ0v) is 8.33. The van der Waals surface area contributed by atoms with Gasteiger partial charge in [0.1, 0.15) is 0 Å². The maximum absolute atomic E-state index is 3.65. The maximum atomic E-state index is 3.65. The molecule has 0 aliphatic carbocycles. The molecule has 0 spiro atoms. The molecule has 0 heteroatoms. The van der Waals surface area contributed by atoms with E-state index in [9.17, 15) is 0 Å². The van der Waals surface area contributed by atoms with Crippen LogP contribution < -0.4 is 0 Å². The first-order valence-corrected chi connectivity index (χ1v) is 4.63. The van der Waals surface area contributed by atoms with E-state index in [1.165, 1.54) is 11.1 Å². The van der Waals surface area contributed by atoms with Crippen LogP contribution in [0.1, 0.15) is 30.9 Å². The third kappa shape index (κ3) is 2.90. The Kier molecular flexibility index (Phi) is 3.51. The predicted octanol–water partition coefficient (Wildman–Crippen LogP) is 4.01. The molecule has 13 heavy (non-hydrogen) atoms. The fourth-order valence-electron chi connectivity index (χ4n) is 1.20. The van der Waals surface area contributed by atoms with Gasteiger partial charge in [0.25, 0.3) is 0 Å². The SMILES string of the molecule is C=C/C=C\c1cccc(C(C)C)c1. The number of rotatable bonds is 3. The predicted molar refractivity (Wildman–Crippen MR) is 59.8 cm³/mol. The standard InChI is InChI=1S/C13H16/c1-4-5-7-12-8-6-9-13(10-12)11(2)3/h4-11H,1H2,2-3H3/b7-5-. The molecule has 0 bridgehead atoms. The second-order valence-electron chi connectivity index (χ2n) is 3.42. The monoisotopic (exact) mass is 172 g/mol. The molecule has 0 unspecified atom stereocenters. The van der Waals surface area contributed by atoms with Gasteiger partial charge >= 0.3 is 0 Å². The number of hydrogen-bond acceptors (Lipinski definition) is 0. The van der Waals surface area contributed by atoms with E-state index in [4.69, 9.17) is 0 Å². The average Bonchev–Trinajstić information content (AvgIpc) is 2.15. The maximum Gasteiger partial charge on any atom is -0.0219 e. The Balaban J connectivity index is 2.91. The van der Waals surface area contributed by atoms with E-state index in [2.05, 4.69) is 50.8 Å². The largest absolute Gasteiger partial charge is 0.0991 e. The highest BCUT2D eigenvalue weighted by atomic mass is 14.0. The summed E-state index contributed by atoms with van der Waals surface area (Å²) in [4.78, 5) is 0. The fourth-order valence-corrected chi connectivity index (χ4v) is 1.20. The zero-order valence-electron chi connectivity index (χ0n) is 8.33. The van der Waals surface area contributed by atoms with Crippen LogP contribution in [0.3, 0.4) is 0 Å². The van der Waals surface area contributed by atoms with Crippen LogP contribution in [-0.4, -0.2) is 0 Å². The molecule has 1 rings (SSSR count). The summed E-state index contributed by atoms with van der Waals surface area (Å²) in [5, 5.41) is 0. The lowest BCUT2D eigenvalue weighted by Crippen LogP contribution is -1.86. The third-order valence-electron chi connectivity index (χ3n) is 2.00. The normalized spacial score (nSPS) is 11.0. The summed E-state index contributed by atoms with van der Waals surface area (Å²) >= 11 is 0.